The summed E-state index contributed by atoms with van der Waals surface area (Å²) >= 11 is 0. The van der Waals surface area contributed by atoms with E-state index < -0.39 is 0 Å². The number of nitrogens with zero attached hydrogens (tertiary/aromatic N) is 1. The summed E-state index contributed by atoms with van der Waals surface area (Å²) in [6.45, 7) is 4.00. The Morgan fingerprint density at radius 1 is 1.31 bits per heavy atom. The van der Waals surface area contributed by atoms with Crippen LogP contribution in [-0.4, -0.2) is 18.0 Å². The van der Waals surface area contributed by atoms with Gasteiger partial charge in [0.25, 0.3) is 0 Å². The molecule has 1 aliphatic carbocycles. The van der Waals surface area contributed by atoms with Gasteiger partial charge in [0, 0.05) is 19.1 Å². The minimum absolute atomic E-state index is 0.641. The van der Waals surface area contributed by atoms with Crippen LogP contribution in [-0.2, 0) is 13.1 Å². The molecular weight excluding hydrogens is 196 g/mol. The molecule has 16 heavy (non-hydrogen) atoms. The molecule has 1 fully saturated rings. The van der Waals surface area contributed by atoms with Gasteiger partial charge >= 0.3 is 0 Å². The average Bonchev–Trinajstić information content (AvgIpc) is 3.12. The van der Waals surface area contributed by atoms with Crippen LogP contribution in [0.2, 0.25) is 0 Å². The molecule has 0 heterocycles. The maximum Gasteiger partial charge on any atom is 0.0236 e. The lowest BCUT2D eigenvalue weighted by molar-refractivity contribution is 0.226. The van der Waals surface area contributed by atoms with Crippen molar-refractivity contribution in [3.8, 4) is 0 Å². The van der Waals surface area contributed by atoms with Crippen molar-refractivity contribution in [3.05, 3.63) is 35.4 Å². The van der Waals surface area contributed by atoms with Crippen molar-refractivity contribution in [2.75, 3.05) is 7.05 Å². The summed E-state index contributed by atoms with van der Waals surface area (Å²) in [6, 6.07) is 9.19. The molecule has 0 aromatic heterocycles. The topological polar surface area (TPSA) is 29.3 Å². The van der Waals surface area contributed by atoms with Gasteiger partial charge in [0.05, 0.1) is 0 Å². The quantitative estimate of drug-likeness (QED) is 0.822. The van der Waals surface area contributed by atoms with Crippen molar-refractivity contribution in [1.82, 2.24) is 4.90 Å². The Bertz CT molecular complexity index is 344. The van der Waals surface area contributed by atoms with Crippen LogP contribution in [0.4, 0.5) is 0 Å². The number of hydrogen-bond donors (Lipinski definition) is 1. The first kappa shape index (κ1) is 11.6. The fourth-order valence-corrected chi connectivity index (χ4v) is 2.26. The van der Waals surface area contributed by atoms with Crippen molar-refractivity contribution >= 4 is 0 Å². The lowest BCUT2D eigenvalue weighted by atomic mass is 10.1. The normalized spacial score (nSPS) is 17.8. The van der Waals surface area contributed by atoms with Gasteiger partial charge in [-0.25, -0.2) is 0 Å². The summed E-state index contributed by atoms with van der Waals surface area (Å²) in [4.78, 5) is 2.45. The van der Waals surface area contributed by atoms with E-state index in [4.69, 9.17) is 5.73 Å². The van der Waals surface area contributed by atoms with E-state index in [9.17, 15) is 0 Å². The molecule has 2 heteroatoms. The zero-order valence-electron chi connectivity index (χ0n) is 10.3. The van der Waals surface area contributed by atoms with Crippen LogP contribution in [0.3, 0.4) is 0 Å². The maximum absolute atomic E-state index is 5.76. The predicted molar refractivity (Wildman–Crippen MR) is 68.0 cm³/mol. The van der Waals surface area contributed by atoms with Gasteiger partial charge in [0.1, 0.15) is 0 Å². The molecule has 0 aliphatic heterocycles. The molecule has 0 amide bonds. The maximum atomic E-state index is 5.76. The molecule has 2 rings (SSSR count). The smallest absolute Gasteiger partial charge is 0.0236 e. The molecule has 88 valence electrons. The third kappa shape index (κ3) is 2.63. The summed E-state index contributed by atoms with van der Waals surface area (Å²) in [7, 11) is 2.22. The van der Waals surface area contributed by atoms with Crippen LogP contribution in [0, 0.1) is 5.92 Å². The van der Waals surface area contributed by atoms with Gasteiger partial charge in [-0.05, 0) is 43.9 Å². The second kappa shape index (κ2) is 4.98. The van der Waals surface area contributed by atoms with Crippen LogP contribution in [0.5, 0.6) is 0 Å². The van der Waals surface area contributed by atoms with E-state index in [-0.39, 0.29) is 0 Å². The average molecular weight is 218 g/mol. The minimum atomic E-state index is 0.641. The highest BCUT2D eigenvalue weighted by atomic mass is 15.1. The van der Waals surface area contributed by atoms with Crippen LogP contribution in [0.15, 0.2) is 24.3 Å². The molecule has 0 radical (unpaired) electrons. The second-order valence-corrected chi connectivity index (χ2v) is 4.97. The standard InChI is InChI=1S/C14H22N2/c1-11(12-7-8-12)16(2)10-14-6-4-3-5-13(14)9-15/h3-6,11-12H,7-10,15H2,1-2H3. The number of rotatable bonds is 5. The Balaban J connectivity index is 2.01. The first-order valence-corrected chi connectivity index (χ1v) is 6.19. The van der Waals surface area contributed by atoms with Gasteiger partial charge in [-0.15, -0.1) is 0 Å². The molecule has 2 N–H and O–H groups in total. The molecule has 1 unspecified atom stereocenters. The van der Waals surface area contributed by atoms with Crippen LogP contribution in [0.1, 0.15) is 30.9 Å². The van der Waals surface area contributed by atoms with E-state index in [1.807, 2.05) is 0 Å². The number of hydrogen-bond acceptors (Lipinski definition) is 2. The summed E-state index contributed by atoms with van der Waals surface area (Å²) in [5.41, 5.74) is 8.41. The third-order valence-corrected chi connectivity index (χ3v) is 3.76. The van der Waals surface area contributed by atoms with E-state index >= 15 is 0 Å². The molecule has 2 nitrogen and oxygen atoms in total. The highest BCUT2D eigenvalue weighted by molar-refractivity contribution is 5.26. The summed E-state index contributed by atoms with van der Waals surface area (Å²) in [6.07, 6.45) is 2.81. The van der Waals surface area contributed by atoms with E-state index in [1.54, 1.807) is 0 Å². The second-order valence-electron chi connectivity index (χ2n) is 4.97. The van der Waals surface area contributed by atoms with Crippen LogP contribution < -0.4 is 5.73 Å². The number of benzene rings is 1. The van der Waals surface area contributed by atoms with Crippen molar-refractivity contribution < 1.29 is 0 Å². The molecule has 0 bridgehead atoms. The Labute approximate surface area is 98.4 Å². The van der Waals surface area contributed by atoms with E-state index in [1.165, 1.54) is 24.0 Å². The Morgan fingerprint density at radius 3 is 2.50 bits per heavy atom. The first-order valence-electron chi connectivity index (χ1n) is 6.19. The van der Waals surface area contributed by atoms with Gasteiger partial charge in [0.15, 0.2) is 0 Å². The molecular formula is C14H22N2. The monoisotopic (exact) mass is 218 g/mol. The molecule has 1 aromatic carbocycles. The SMILES string of the molecule is CC(C1CC1)N(C)Cc1ccccc1CN. The summed E-state index contributed by atoms with van der Waals surface area (Å²) in [5.74, 6) is 0.926. The summed E-state index contributed by atoms with van der Waals surface area (Å²) < 4.78 is 0. The fourth-order valence-electron chi connectivity index (χ4n) is 2.26. The molecule has 1 aliphatic rings. The van der Waals surface area contributed by atoms with E-state index in [0.717, 1.165) is 12.5 Å². The highest BCUT2D eigenvalue weighted by Crippen LogP contribution is 2.35. The van der Waals surface area contributed by atoms with E-state index in [0.29, 0.717) is 12.6 Å². The zero-order chi connectivity index (χ0) is 11.5. The fraction of sp³-hybridized carbons (Fsp3) is 0.571. The van der Waals surface area contributed by atoms with Crippen molar-refractivity contribution in [1.29, 1.82) is 0 Å². The van der Waals surface area contributed by atoms with Crippen LogP contribution >= 0.6 is 0 Å². The predicted octanol–water partition coefficient (Wildman–Crippen LogP) is 2.38. The zero-order valence-corrected chi connectivity index (χ0v) is 10.3. The van der Waals surface area contributed by atoms with Crippen LogP contribution in [0.25, 0.3) is 0 Å². The van der Waals surface area contributed by atoms with Gasteiger partial charge in [-0.2, -0.15) is 0 Å². The lowest BCUT2D eigenvalue weighted by Crippen LogP contribution is -2.30. The number of nitrogens with two attached hydrogens (primary N) is 1. The summed E-state index contributed by atoms with van der Waals surface area (Å²) in [5, 5.41) is 0. The van der Waals surface area contributed by atoms with E-state index in [2.05, 4.69) is 43.1 Å². The molecule has 0 saturated heterocycles. The molecule has 1 atom stereocenters. The Hall–Kier alpha value is -0.860. The Kier molecular flexibility index (Phi) is 3.62. The first-order chi connectivity index (χ1) is 7.72. The Morgan fingerprint density at radius 2 is 1.94 bits per heavy atom. The van der Waals surface area contributed by atoms with Gasteiger partial charge in [-0.3, -0.25) is 4.90 Å². The molecule has 1 saturated carbocycles. The van der Waals surface area contributed by atoms with Gasteiger partial charge in [-0.1, -0.05) is 24.3 Å². The lowest BCUT2D eigenvalue weighted by Gasteiger charge is -2.25. The minimum Gasteiger partial charge on any atom is -0.326 e. The van der Waals surface area contributed by atoms with Gasteiger partial charge in [0.2, 0.25) is 0 Å². The third-order valence-electron chi connectivity index (χ3n) is 3.76. The van der Waals surface area contributed by atoms with Crippen molar-refractivity contribution in [2.45, 2.75) is 38.9 Å². The van der Waals surface area contributed by atoms with Gasteiger partial charge < -0.3 is 5.73 Å². The molecule has 1 aromatic rings. The highest BCUT2D eigenvalue weighted by Gasteiger charge is 2.30. The van der Waals surface area contributed by atoms with Crippen molar-refractivity contribution in [2.24, 2.45) is 11.7 Å². The largest absolute Gasteiger partial charge is 0.326 e. The van der Waals surface area contributed by atoms with Crippen molar-refractivity contribution in [3.63, 3.8) is 0 Å². The molecule has 0 spiro atoms.